The average molecular weight is 598 g/mol. The topological polar surface area (TPSA) is 96.0 Å². The van der Waals surface area contributed by atoms with Gasteiger partial charge in [-0.25, -0.2) is 8.42 Å². The molecule has 2 aromatic rings. The zero-order valence-electron chi connectivity index (χ0n) is 23.6. The van der Waals surface area contributed by atoms with E-state index in [4.69, 9.17) is 4.74 Å². The van der Waals surface area contributed by atoms with E-state index < -0.39 is 27.8 Å². The SMILES string of the molecule is CC[C@H](C(=O)NC1CCCC1)N(Cc1cccc(OC)c1)C(=O)CCCN(c1cccc(C(F)(F)F)c1)S(C)(=O)=O. The fraction of sp³-hybridized carbons (Fsp3) is 0.517. The molecule has 226 valence electrons. The first-order valence-corrected chi connectivity index (χ1v) is 15.6. The van der Waals surface area contributed by atoms with Gasteiger partial charge in [0.25, 0.3) is 0 Å². The van der Waals surface area contributed by atoms with E-state index in [9.17, 15) is 31.2 Å². The molecule has 1 atom stereocenters. The maximum absolute atomic E-state index is 13.6. The highest BCUT2D eigenvalue weighted by Gasteiger charge is 2.33. The summed E-state index contributed by atoms with van der Waals surface area (Å²) in [6.45, 7) is 1.75. The first-order chi connectivity index (χ1) is 19.3. The van der Waals surface area contributed by atoms with E-state index in [1.165, 1.54) is 18.1 Å². The number of carbonyl (C=O) groups excluding carboxylic acids is 2. The lowest BCUT2D eigenvalue weighted by atomic mass is 10.1. The summed E-state index contributed by atoms with van der Waals surface area (Å²) in [6, 6.07) is 10.6. The normalized spacial score (nSPS) is 14.9. The van der Waals surface area contributed by atoms with Crippen LogP contribution in [0.5, 0.6) is 5.75 Å². The van der Waals surface area contributed by atoms with Gasteiger partial charge in [-0.2, -0.15) is 13.2 Å². The van der Waals surface area contributed by atoms with Crippen molar-refractivity contribution in [2.75, 3.05) is 24.2 Å². The molecule has 1 aliphatic carbocycles. The van der Waals surface area contributed by atoms with E-state index in [2.05, 4.69) is 5.32 Å². The van der Waals surface area contributed by atoms with E-state index in [1.54, 1.807) is 18.2 Å². The van der Waals surface area contributed by atoms with E-state index in [0.29, 0.717) is 12.2 Å². The quantitative estimate of drug-likeness (QED) is 0.346. The molecule has 0 radical (unpaired) electrons. The molecule has 0 unspecified atom stereocenters. The van der Waals surface area contributed by atoms with Crippen molar-refractivity contribution in [2.24, 2.45) is 0 Å². The van der Waals surface area contributed by atoms with Gasteiger partial charge in [-0.3, -0.25) is 13.9 Å². The molecule has 3 rings (SSSR count). The van der Waals surface area contributed by atoms with Crippen LogP contribution in [0.15, 0.2) is 48.5 Å². The van der Waals surface area contributed by atoms with Gasteiger partial charge < -0.3 is 15.0 Å². The van der Waals surface area contributed by atoms with Crippen molar-refractivity contribution >= 4 is 27.5 Å². The Hall–Kier alpha value is -3.28. The average Bonchev–Trinajstić information content (AvgIpc) is 3.43. The lowest BCUT2D eigenvalue weighted by Crippen LogP contribution is -2.51. The predicted octanol–water partition coefficient (Wildman–Crippen LogP) is 5.13. The van der Waals surface area contributed by atoms with Gasteiger partial charge in [-0.05, 0) is 61.6 Å². The number of rotatable bonds is 13. The number of nitrogens with zero attached hydrogens (tertiary/aromatic N) is 2. The second-order valence-corrected chi connectivity index (χ2v) is 12.2. The first-order valence-electron chi connectivity index (χ1n) is 13.7. The molecular formula is C29H38F3N3O5S. The van der Waals surface area contributed by atoms with Crippen molar-refractivity contribution in [3.8, 4) is 5.75 Å². The number of sulfonamides is 1. The largest absolute Gasteiger partial charge is 0.497 e. The van der Waals surface area contributed by atoms with Crippen molar-refractivity contribution in [1.29, 1.82) is 0 Å². The van der Waals surface area contributed by atoms with Gasteiger partial charge in [0.1, 0.15) is 11.8 Å². The molecule has 1 aliphatic rings. The minimum atomic E-state index is -4.63. The van der Waals surface area contributed by atoms with Crippen LogP contribution in [0.1, 0.15) is 63.0 Å². The molecule has 0 aliphatic heterocycles. The van der Waals surface area contributed by atoms with Gasteiger partial charge in [0.15, 0.2) is 0 Å². The highest BCUT2D eigenvalue weighted by molar-refractivity contribution is 7.92. The van der Waals surface area contributed by atoms with Crippen LogP contribution in [0.4, 0.5) is 18.9 Å². The van der Waals surface area contributed by atoms with E-state index in [-0.39, 0.29) is 49.5 Å². The Balaban J connectivity index is 1.80. The second kappa shape index (κ2) is 14.1. The summed E-state index contributed by atoms with van der Waals surface area (Å²) in [5.74, 6) is -0.000606. The van der Waals surface area contributed by atoms with Gasteiger partial charge in [0.05, 0.1) is 24.6 Å². The van der Waals surface area contributed by atoms with E-state index in [1.807, 2.05) is 13.0 Å². The van der Waals surface area contributed by atoms with Crippen LogP contribution < -0.4 is 14.4 Å². The predicted molar refractivity (Wildman–Crippen MR) is 151 cm³/mol. The molecule has 2 aromatic carbocycles. The lowest BCUT2D eigenvalue weighted by molar-refractivity contribution is -0.141. The molecule has 41 heavy (non-hydrogen) atoms. The Labute approximate surface area is 239 Å². The summed E-state index contributed by atoms with van der Waals surface area (Å²) in [4.78, 5) is 28.4. The monoisotopic (exact) mass is 597 g/mol. The van der Waals surface area contributed by atoms with Gasteiger partial charge >= 0.3 is 6.18 Å². The smallest absolute Gasteiger partial charge is 0.416 e. The molecule has 0 saturated heterocycles. The number of methoxy groups -OCH3 is 1. The molecule has 2 amide bonds. The van der Waals surface area contributed by atoms with E-state index in [0.717, 1.165) is 60.0 Å². The van der Waals surface area contributed by atoms with Crippen LogP contribution in [-0.2, 0) is 32.3 Å². The first kappa shape index (κ1) is 32.2. The summed E-state index contributed by atoms with van der Waals surface area (Å²) in [6.07, 6.45) is 0.432. The molecule has 0 spiro atoms. The molecule has 0 heterocycles. The number of carbonyl (C=O) groups is 2. The molecule has 8 nitrogen and oxygen atoms in total. The van der Waals surface area contributed by atoms with Crippen LogP contribution in [0, 0.1) is 0 Å². The summed E-state index contributed by atoms with van der Waals surface area (Å²) in [5.41, 5.74) is -0.347. The van der Waals surface area contributed by atoms with Gasteiger partial charge in [0.2, 0.25) is 21.8 Å². The van der Waals surface area contributed by atoms with Gasteiger partial charge in [0, 0.05) is 25.6 Å². The van der Waals surface area contributed by atoms with Crippen molar-refractivity contribution in [1.82, 2.24) is 10.2 Å². The minimum Gasteiger partial charge on any atom is -0.497 e. The highest BCUT2D eigenvalue weighted by Crippen LogP contribution is 2.32. The Morgan fingerprint density at radius 2 is 1.78 bits per heavy atom. The summed E-state index contributed by atoms with van der Waals surface area (Å²) in [5, 5.41) is 3.07. The van der Waals surface area contributed by atoms with Crippen molar-refractivity contribution in [2.45, 2.75) is 76.7 Å². The fourth-order valence-corrected chi connectivity index (χ4v) is 6.05. The number of hydrogen-bond donors (Lipinski definition) is 1. The summed E-state index contributed by atoms with van der Waals surface area (Å²) < 4.78 is 70.9. The number of halogens is 3. The van der Waals surface area contributed by atoms with Crippen molar-refractivity contribution in [3.63, 3.8) is 0 Å². The zero-order valence-corrected chi connectivity index (χ0v) is 24.4. The standard InChI is InChI=1S/C29H38F3N3O5S/c1-4-26(28(37)33-23-12-5-6-13-23)34(20-21-10-7-15-25(18-21)40-2)27(36)16-9-17-35(41(3,38)39)24-14-8-11-22(19-24)29(30,31)32/h7-8,10-11,14-15,18-19,23,26H,4-6,9,12-13,16-17,20H2,1-3H3,(H,33,37)/t26-/m1/s1. The molecule has 1 fully saturated rings. The third kappa shape index (κ3) is 9.11. The summed E-state index contributed by atoms with van der Waals surface area (Å²) in [7, 11) is -2.41. The Bertz CT molecular complexity index is 1300. The number of benzene rings is 2. The highest BCUT2D eigenvalue weighted by atomic mass is 32.2. The van der Waals surface area contributed by atoms with Crippen LogP contribution in [0.25, 0.3) is 0 Å². The number of amides is 2. The van der Waals surface area contributed by atoms with Crippen molar-refractivity contribution in [3.05, 3.63) is 59.7 Å². The third-order valence-corrected chi connectivity index (χ3v) is 8.38. The van der Waals surface area contributed by atoms with Gasteiger partial charge in [-0.1, -0.05) is 38.0 Å². The van der Waals surface area contributed by atoms with Crippen LogP contribution in [-0.4, -0.2) is 57.1 Å². The van der Waals surface area contributed by atoms with Crippen LogP contribution in [0.2, 0.25) is 0 Å². The molecule has 1 N–H and O–H groups in total. The second-order valence-electron chi connectivity index (χ2n) is 10.3. The maximum Gasteiger partial charge on any atom is 0.416 e. The number of anilines is 1. The number of ether oxygens (including phenoxy) is 1. The number of nitrogens with one attached hydrogen (secondary N) is 1. The molecule has 0 aromatic heterocycles. The lowest BCUT2D eigenvalue weighted by Gasteiger charge is -2.32. The zero-order chi connectivity index (χ0) is 30.2. The Morgan fingerprint density at radius 1 is 1.10 bits per heavy atom. The maximum atomic E-state index is 13.6. The molecular weight excluding hydrogens is 559 g/mol. The Morgan fingerprint density at radius 3 is 2.39 bits per heavy atom. The number of alkyl halides is 3. The third-order valence-electron chi connectivity index (χ3n) is 7.19. The molecule has 12 heteroatoms. The van der Waals surface area contributed by atoms with Crippen LogP contribution in [0.3, 0.4) is 0 Å². The number of hydrogen-bond acceptors (Lipinski definition) is 5. The minimum absolute atomic E-state index is 0.0391. The summed E-state index contributed by atoms with van der Waals surface area (Å²) >= 11 is 0. The molecule has 0 bridgehead atoms. The van der Waals surface area contributed by atoms with Crippen LogP contribution >= 0.6 is 0 Å². The molecule has 1 saturated carbocycles. The van der Waals surface area contributed by atoms with E-state index >= 15 is 0 Å². The fourth-order valence-electron chi connectivity index (χ4n) is 5.10. The van der Waals surface area contributed by atoms with Crippen molar-refractivity contribution < 1.29 is 35.9 Å². The Kier molecular flexibility index (Phi) is 11.1. The van der Waals surface area contributed by atoms with Gasteiger partial charge in [-0.15, -0.1) is 0 Å².